The standard InChI is InChI=1S/C29H27N3O2/c1-3-4-10-27-30-25-13-11-20(2)17-24(25)29(34)32(27)19-21-12-14-26-23(18-21)15-16-31(26)28(33)22-8-6-5-7-9-22/h5-9,11-18H,3-4,10,19H2,1-2H3. The van der Waals surface area contributed by atoms with Gasteiger partial charge in [-0.15, -0.1) is 0 Å². The number of aromatic nitrogens is 3. The topological polar surface area (TPSA) is 56.9 Å². The summed E-state index contributed by atoms with van der Waals surface area (Å²) in [5, 5.41) is 1.62. The van der Waals surface area contributed by atoms with Crippen LogP contribution >= 0.6 is 0 Å². The number of hydrogen-bond acceptors (Lipinski definition) is 3. The molecule has 0 saturated carbocycles. The van der Waals surface area contributed by atoms with Crippen LogP contribution in [0.3, 0.4) is 0 Å². The first kappa shape index (κ1) is 21.8. The van der Waals surface area contributed by atoms with Gasteiger partial charge in [0.1, 0.15) is 5.82 Å². The first-order chi connectivity index (χ1) is 16.5. The third kappa shape index (κ3) is 4.05. The number of carbonyl (C=O) groups excluding carboxylic acids is 1. The molecule has 0 N–H and O–H groups in total. The van der Waals surface area contributed by atoms with Gasteiger partial charge in [-0.2, -0.15) is 0 Å². The van der Waals surface area contributed by atoms with Gasteiger partial charge >= 0.3 is 0 Å². The minimum absolute atomic E-state index is 0.00303. The Kier molecular flexibility index (Phi) is 5.84. The van der Waals surface area contributed by atoms with Crippen molar-refractivity contribution in [3.8, 4) is 0 Å². The van der Waals surface area contributed by atoms with Gasteiger partial charge in [-0.05, 0) is 61.4 Å². The van der Waals surface area contributed by atoms with Crippen LogP contribution < -0.4 is 5.56 Å². The van der Waals surface area contributed by atoms with Gasteiger partial charge in [0.15, 0.2) is 0 Å². The molecule has 0 aliphatic rings. The molecule has 3 aromatic carbocycles. The number of nitrogens with zero attached hydrogens (tertiary/aromatic N) is 3. The molecule has 0 bridgehead atoms. The number of unbranched alkanes of at least 4 members (excludes halogenated alkanes) is 1. The highest BCUT2D eigenvalue weighted by Gasteiger charge is 2.14. The van der Waals surface area contributed by atoms with Crippen LogP contribution in [0.2, 0.25) is 0 Å². The summed E-state index contributed by atoms with van der Waals surface area (Å²) >= 11 is 0. The summed E-state index contributed by atoms with van der Waals surface area (Å²) in [6.45, 7) is 4.58. The van der Waals surface area contributed by atoms with Gasteiger partial charge in [0.05, 0.1) is 23.0 Å². The van der Waals surface area contributed by atoms with E-state index in [0.717, 1.165) is 52.6 Å². The summed E-state index contributed by atoms with van der Waals surface area (Å²) in [6.07, 6.45) is 4.59. The fourth-order valence-electron chi connectivity index (χ4n) is 4.44. The zero-order chi connectivity index (χ0) is 23.7. The summed E-state index contributed by atoms with van der Waals surface area (Å²) in [6, 6.07) is 23.1. The smallest absolute Gasteiger partial charge is 0.262 e. The lowest BCUT2D eigenvalue weighted by Crippen LogP contribution is -2.26. The molecule has 0 unspecified atom stereocenters. The van der Waals surface area contributed by atoms with Crippen LogP contribution in [-0.4, -0.2) is 20.0 Å². The molecule has 0 amide bonds. The quantitative estimate of drug-likeness (QED) is 0.332. The molecule has 0 radical (unpaired) electrons. The van der Waals surface area contributed by atoms with E-state index >= 15 is 0 Å². The Hall–Kier alpha value is -3.99. The average molecular weight is 450 g/mol. The highest BCUT2D eigenvalue weighted by Crippen LogP contribution is 2.21. The van der Waals surface area contributed by atoms with E-state index in [1.54, 1.807) is 4.57 Å². The van der Waals surface area contributed by atoms with Crippen LogP contribution in [-0.2, 0) is 13.0 Å². The molecule has 170 valence electrons. The molecule has 0 saturated heterocycles. The van der Waals surface area contributed by atoms with Gasteiger partial charge in [-0.1, -0.05) is 49.2 Å². The monoisotopic (exact) mass is 449 g/mol. The van der Waals surface area contributed by atoms with Gasteiger partial charge in [-0.3, -0.25) is 18.7 Å². The average Bonchev–Trinajstić information content (AvgIpc) is 3.28. The maximum absolute atomic E-state index is 13.5. The molecule has 5 nitrogen and oxygen atoms in total. The third-order valence-electron chi connectivity index (χ3n) is 6.28. The largest absolute Gasteiger partial charge is 0.292 e. The van der Waals surface area contributed by atoms with Crippen molar-refractivity contribution in [1.29, 1.82) is 0 Å². The van der Waals surface area contributed by atoms with Crippen molar-refractivity contribution in [2.75, 3.05) is 0 Å². The molecule has 0 atom stereocenters. The van der Waals surface area contributed by atoms with Crippen molar-refractivity contribution in [1.82, 2.24) is 14.1 Å². The molecule has 0 spiro atoms. The Morgan fingerprint density at radius 1 is 0.971 bits per heavy atom. The van der Waals surface area contributed by atoms with Gasteiger partial charge in [-0.25, -0.2) is 4.98 Å². The van der Waals surface area contributed by atoms with E-state index in [9.17, 15) is 9.59 Å². The second-order valence-corrected chi connectivity index (χ2v) is 8.79. The van der Waals surface area contributed by atoms with Gasteiger partial charge < -0.3 is 0 Å². The number of fused-ring (bicyclic) bond motifs is 2. The fraction of sp³-hybridized carbons (Fsp3) is 0.207. The molecular formula is C29H27N3O2. The van der Waals surface area contributed by atoms with Crippen molar-refractivity contribution in [2.45, 2.75) is 39.7 Å². The van der Waals surface area contributed by atoms with Crippen LogP contribution in [0.15, 0.2) is 83.8 Å². The molecule has 2 aromatic heterocycles. The van der Waals surface area contributed by atoms with Crippen molar-refractivity contribution >= 4 is 27.7 Å². The predicted molar refractivity (Wildman–Crippen MR) is 137 cm³/mol. The Labute approximate surface area is 198 Å². The molecular weight excluding hydrogens is 422 g/mol. The zero-order valence-electron chi connectivity index (χ0n) is 19.5. The lowest BCUT2D eigenvalue weighted by molar-refractivity contribution is 0.0965. The van der Waals surface area contributed by atoms with Crippen LogP contribution in [0.4, 0.5) is 0 Å². The second kappa shape index (κ2) is 9.10. The Morgan fingerprint density at radius 2 is 1.79 bits per heavy atom. The fourth-order valence-corrected chi connectivity index (χ4v) is 4.44. The van der Waals surface area contributed by atoms with Gasteiger partial charge in [0.2, 0.25) is 0 Å². The van der Waals surface area contributed by atoms with E-state index in [2.05, 4.69) is 13.0 Å². The van der Waals surface area contributed by atoms with E-state index in [-0.39, 0.29) is 11.5 Å². The van der Waals surface area contributed by atoms with E-state index < -0.39 is 0 Å². The van der Waals surface area contributed by atoms with Gasteiger partial charge in [0, 0.05) is 23.6 Å². The van der Waals surface area contributed by atoms with Crippen molar-refractivity contribution in [3.63, 3.8) is 0 Å². The van der Waals surface area contributed by atoms with E-state index in [1.807, 2.05) is 84.4 Å². The van der Waals surface area contributed by atoms with Crippen molar-refractivity contribution < 1.29 is 4.79 Å². The summed E-state index contributed by atoms with van der Waals surface area (Å²) in [4.78, 5) is 31.3. The Balaban J connectivity index is 1.54. The van der Waals surface area contributed by atoms with E-state index in [0.29, 0.717) is 17.5 Å². The molecule has 5 rings (SSSR count). The molecule has 0 aliphatic heterocycles. The summed E-state index contributed by atoms with van der Waals surface area (Å²) < 4.78 is 3.48. The second-order valence-electron chi connectivity index (χ2n) is 8.79. The number of aryl methyl sites for hydroxylation is 2. The van der Waals surface area contributed by atoms with Crippen molar-refractivity contribution in [2.24, 2.45) is 0 Å². The minimum atomic E-state index is -0.0597. The molecule has 2 heterocycles. The first-order valence-corrected chi connectivity index (χ1v) is 11.7. The number of carbonyl (C=O) groups is 1. The van der Waals surface area contributed by atoms with Gasteiger partial charge in [0.25, 0.3) is 11.5 Å². The zero-order valence-corrected chi connectivity index (χ0v) is 19.5. The maximum atomic E-state index is 13.5. The number of rotatable bonds is 6. The number of benzene rings is 3. The van der Waals surface area contributed by atoms with Crippen LogP contribution in [0.5, 0.6) is 0 Å². The highest BCUT2D eigenvalue weighted by atomic mass is 16.2. The lowest BCUT2D eigenvalue weighted by Gasteiger charge is -2.14. The van der Waals surface area contributed by atoms with Crippen LogP contribution in [0.1, 0.15) is 47.1 Å². The first-order valence-electron chi connectivity index (χ1n) is 11.7. The maximum Gasteiger partial charge on any atom is 0.262 e. The highest BCUT2D eigenvalue weighted by molar-refractivity contribution is 6.02. The third-order valence-corrected chi connectivity index (χ3v) is 6.28. The predicted octanol–water partition coefficient (Wildman–Crippen LogP) is 5.74. The number of hydrogen-bond donors (Lipinski definition) is 0. The summed E-state index contributed by atoms with van der Waals surface area (Å²) in [5.41, 5.74) is 4.30. The summed E-state index contributed by atoms with van der Waals surface area (Å²) in [7, 11) is 0. The normalized spacial score (nSPS) is 11.4. The minimum Gasteiger partial charge on any atom is -0.292 e. The lowest BCUT2D eigenvalue weighted by atomic mass is 10.1. The molecule has 34 heavy (non-hydrogen) atoms. The molecule has 5 heteroatoms. The molecule has 5 aromatic rings. The Bertz CT molecular complexity index is 1560. The van der Waals surface area contributed by atoms with Crippen LogP contribution in [0, 0.1) is 6.92 Å². The van der Waals surface area contributed by atoms with Crippen molar-refractivity contribution in [3.05, 3.63) is 112 Å². The van der Waals surface area contributed by atoms with Crippen LogP contribution in [0.25, 0.3) is 21.8 Å². The molecule has 0 fully saturated rings. The van der Waals surface area contributed by atoms with E-state index in [1.165, 1.54) is 0 Å². The Morgan fingerprint density at radius 3 is 2.59 bits per heavy atom. The SMILES string of the molecule is CCCCc1nc2ccc(C)cc2c(=O)n1Cc1ccc2c(ccn2C(=O)c2ccccc2)c1. The van der Waals surface area contributed by atoms with E-state index in [4.69, 9.17) is 4.98 Å². The molecule has 0 aliphatic carbocycles. The summed E-state index contributed by atoms with van der Waals surface area (Å²) in [5.74, 6) is 0.760.